The van der Waals surface area contributed by atoms with Gasteiger partial charge in [0, 0.05) is 12.6 Å². The molecule has 0 radical (unpaired) electrons. The average molecular weight is 277 g/mol. The zero-order chi connectivity index (χ0) is 13.3. The lowest BCUT2D eigenvalue weighted by atomic mass is 9.74. The zero-order valence-corrected chi connectivity index (χ0v) is 11.5. The van der Waals surface area contributed by atoms with Crippen LogP contribution < -0.4 is 5.32 Å². The Kier molecular flexibility index (Phi) is 3.38. The molecule has 1 aliphatic carbocycles. The van der Waals surface area contributed by atoms with Gasteiger partial charge in [0.05, 0.1) is 27.9 Å². The lowest BCUT2D eigenvalue weighted by Gasteiger charge is -2.47. The van der Waals surface area contributed by atoms with E-state index >= 15 is 0 Å². The highest BCUT2D eigenvalue weighted by Crippen LogP contribution is 2.43. The summed E-state index contributed by atoms with van der Waals surface area (Å²) in [4.78, 5) is 0. The maximum atomic E-state index is 8.95. The van der Waals surface area contributed by atoms with E-state index in [1.807, 2.05) is 6.07 Å². The maximum absolute atomic E-state index is 8.95. The molecule has 1 saturated carbocycles. The Morgan fingerprint density at radius 2 is 2.26 bits per heavy atom. The van der Waals surface area contributed by atoms with Gasteiger partial charge < -0.3 is 10.1 Å². The number of halogens is 1. The topological polar surface area (TPSA) is 45.0 Å². The van der Waals surface area contributed by atoms with Gasteiger partial charge in [0.1, 0.15) is 0 Å². The SMILES string of the molecule is N#Cc1ccc(Cl)c(NC2CCOC3(CCC3)C2)c1. The van der Waals surface area contributed by atoms with Gasteiger partial charge in [0.2, 0.25) is 0 Å². The average Bonchev–Trinajstić information content (AvgIpc) is 2.40. The summed E-state index contributed by atoms with van der Waals surface area (Å²) in [5.74, 6) is 0. The quantitative estimate of drug-likeness (QED) is 0.895. The fourth-order valence-corrected chi connectivity index (χ4v) is 3.17. The van der Waals surface area contributed by atoms with Crippen molar-refractivity contribution in [3.8, 4) is 6.07 Å². The van der Waals surface area contributed by atoms with Crippen molar-refractivity contribution in [1.29, 1.82) is 5.26 Å². The molecule has 1 aromatic carbocycles. The highest BCUT2D eigenvalue weighted by Gasteiger charge is 2.42. The first-order valence-electron chi connectivity index (χ1n) is 6.81. The second-order valence-corrected chi connectivity index (χ2v) is 5.93. The van der Waals surface area contributed by atoms with E-state index in [0.29, 0.717) is 16.6 Å². The molecular weight excluding hydrogens is 260 g/mol. The van der Waals surface area contributed by atoms with E-state index in [0.717, 1.165) is 25.1 Å². The van der Waals surface area contributed by atoms with Gasteiger partial charge in [-0.2, -0.15) is 5.26 Å². The molecule has 0 bridgehead atoms. The molecule has 1 aliphatic heterocycles. The largest absolute Gasteiger partial charge is 0.381 e. The summed E-state index contributed by atoms with van der Waals surface area (Å²) in [5.41, 5.74) is 1.62. The normalized spacial score (nSPS) is 24.5. The van der Waals surface area contributed by atoms with E-state index in [-0.39, 0.29) is 5.60 Å². The van der Waals surface area contributed by atoms with Crippen LogP contribution in [0.3, 0.4) is 0 Å². The number of hydrogen-bond donors (Lipinski definition) is 1. The van der Waals surface area contributed by atoms with Crippen molar-refractivity contribution in [2.45, 2.75) is 43.7 Å². The fraction of sp³-hybridized carbons (Fsp3) is 0.533. The van der Waals surface area contributed by atoms with Crippen LogP contribution in [-0.2, 0) is 4.74 Å². The van der Waals surface area contributed by atoms with E-state index in [2.05, 4.69) is 11.4 Å². The highest BCUT2D eigenvalue weighted by molar-refractivity contribution is 6.33. The number of nitriles is 1. The third-order valence-corrected chi connectivity index (χ3v) is 4.54. The van der Waals surface area contributed by atoms with E-state index in [1.54, 1.807) is 12.1 Å². The van der Waals surface area contributed by atoms with Gasteiger partial charge in [-0.1, -0.05) is 11.6 Å². The Balaban J connectivity index is 1.72. The standard InChI is InChI=1S/C15H17ClN2O/c16-13-3-2-11(10-17)8-14(13)18-12-4-7-19-15(9-12)5-1-6-15/h2-3,8,12,18H,1,4-7,9H2. The first-order valence-corrected chi connectivity index (χ1v) is 7.19. The summed E-state index contributed by atoms with van der Waals surface area (Å²) in [5, 5.41) is 13.1. The van der Waals surface area contributed by atoms with Gasteiger partial charge in [-0.25, -0.2) is 0 Å². The first-order chi connectivity index (χ1) is 9.21. The van der Waals surface area contributed by atoms with Gasteiger partial charge in [0.15, 0.2) is 0 Å². The third kappa shape index (κ3) is 2.56. The molecule has 0 aromatic heterocycles. The van der Waals surface area contributed by atoms with E-state index < -0.39 is 0 Å². The summed E-state index contributed by atoms with van der Waals surface area (Å²) in [6, 6.07) is 7.88. The molecule has 19 heavy (non-hydrogen) atoms. The lowest BCUT2D eigenvalue weighted by Crippen LogP contribution is -2.49. The van der Waals surface area contributed by atoms with Gasteiger partial charge in [-0.3, -0.25) is 0 Å². The second-order valence-electron chi connectivity index (χ2n) is 5.53. The molecule has 1 unspecified atom stereocenters. The number of nitrogens with one attached hydrogen (secondary N) is 1. The first kappa shape index (κ1) is 12.8. The van der Waals surface area contributed by atoms with Crippen LogP contribution in [0, 0.1) is 11.3 Å². The van der Waals surface area contributed by atoms with Crippen molar-refractivity contribution >= 4 is 17.3 Å². The Morgan fingerprint density at radius 1 is 1.42 bits per heavy atom. The van der Waals surface area contributed by atoms with Crippen LogP contribution in [-0.4, -0.2) is 18.2 Å². The Bertz CT molecular complexity index is 519. The molecule has 0 amide bonds. The molecule has 3 nitrogen and oxygen atoms in total. The van der Waals surface area contributed by atoms with Crippen LogP contribution in [0.5, 0.6) is 0 Å². The Morgan fingerprint density at radius 3 is 2.95 bits per heavy atom. The molecule has 1 atom stereocenters. The van der Waals surface area contributed by atoms with Crippen LogP contribution in [0.4, 0.5) is 5.69 Å². The molecule has 1 saturated heterocycles. The third-order valence-electron chi connectivity index (χ3n) is 4.21. The zero-order valence-electron chi connectivity index (χ0n) is 10.8. The molecule has 100 valence electrons. The van der Waals surface area contributed by atoms with Gasteiger partial charge in [0.25, 0.3) is 0 Å². The summed E-state index contributed by atoms with van der Waals surface area (Å²) in [6.45, 7) is 0.813. The summed E-state index contributed by atoms with van der Waals surface area (Å²) >= 11 is 6.19. The van der Waals surface area contributed by atoms with Crippen LogP contribution in [0.2, 0.25) is 5.02 Å². The minimum absolute atomic E-state index is 0.120. The van der Waals surface area contributed by atoms with Crippen molar-refractivity contribution in [2.24, 2.45) is 0 Å². The van der Waals surface area contributed by atoms with Crippen molar-refractivity contribution in [1.82, 2.24) is 0 Å². The van der Waals surface area contributed by atoms with E-state index in [4.69, 9.17) is 21.6 Å². The van der Waals surface area contributed by atoms with E-state index in [9.17, 15) is 0 Å². The van der Waals surface area contributed by atoms with Gasteiger partial charge in [-0.15, -0.1) is 0 Å². The molecule has 2 fully saturated rings. The van der Waals surface area contributed by atoms with Crippen molar-refractivity contribution in [3.63, 3.8) is 0 Å². The van der Waals surface area contributed by atoms with Crippen molar-refractivity contribution in [2.75, 3.05) is 11.9 Å². The summed E-state index contributed by atoms with van der Waals surface area (Å²) in [6.07, 6.45) is 5.67. The van der Waals surface area contributed by atoms with Crippen LogP contribution in [0.15, 0.2) is 18.2 Å². The number of nitrogens with zero attached hydrogens (tertiary/aromatic N) is 1. The maximum Gasteiger partial charge on any atom is 0.0992 e. The van der Waals surface area contributed by atoms with Gasteiger partial charge in [-0.05, 0) is 50.3 Å². The molecule has 1 aromatic rings. The number of rotatable bonds is 2. The van der Waals surface area contributed by atoms with Gasteiger partial charge >= 0.3 is 0 Å². The number of hydrogen-bond acceptors (Lipinski definition) is 3. The van der Waals surface area contributed by atoms with Crippen LogP contribution in [0.25, 0.3) is 0 Å². The minimum atomic E-state index is 0.120. The molecule has 1 heterocycles. The number of benzene rings is 1. The predicted molar refractivity (Wildman–Crippen MR) is 75.3 cm³/mol. The fourth-order valence-electron chi connectivity index (χ4n) is 3.00. The van der Waals surface area contributed by atoms with Crippen LogP contribution in [0.1, 0.15) is 37.7 Å². The molecule has 3 rings (SSSR count). The number of ether oxygens (including phenoxy) is 1. The number of anilines is 1. The monoisotopic (exact) mass is 276 g/mol. The Hall–Kier alpha value is -1.24. The molecule has 1 spiro atoms. The molecule has 4 heteroatoms. The molecular formula is C15H17ClN2O. The van der Waals surface area contributed by atoms with Crippen LogP contribution >= 0.6 is 11.6 Å². The smallest absolute Gasteiger partial charge is 0.0992 e. The minimum Gasteiger partial charge on any atom is -0.381 e. The van der Waals surface area contributed by atoms with E-state index in [1.165, 1.54) is 19.3 Å². The van der Waals surface area contributed by atoms with Crippen molar-refractivity contribution < 1.29 is 4.74 Å². The lowest BCUT2D eigenvalue weighted by molar-refractivity contribution is -0.130. The molecule has 2 aliphatic rings. The highest BCUT2D eigenvalue weighted by atomic mass is 35.5. The Labute approximate surface area is 118 Å². The summed E-state index contributed by atoms with van der Waals surface area (Å²) < 4.78 is 5.92. The van der Waals surface area contributed by atoms with Crippen molar-refractivity contribution in [3.05, 3.63) is 28.8 Å². The second kappa shape index (κ2) is 5.03. The summed E-state index contributed by atoms with van der Waals surface area (Å²) in [7, 11) is 0. The predicted octanol–water partition coefficient (Wildman–Crippen LogP) is 3.73. The molecule has 1 N–H and O–H groups in total.